The highest BCUT2D eigenvalue weighted by atomic mass is 19.4. The van der Waals surface area contributed by atoms with Gasteiger partial charge in [0.15, 0.2) is 5.96 Å². The topological polar surface area (TPSA) is 148 Å². The summed E-state index contributed by atoms with van der Waals surface area (Å²) in [5, 5.41) is 16.1. The predicted molar refractivity (Wildman–Crippen MR) is 103 cm³/mol. The average Bonchev–Trinajstić information content (AvgIpc) is 2.81. The number of carboxylic acids is 2. The van der Waals surface area contributed by atoms with Crippen molar-refractivity contribution in [1.29, 1.82) is 0 Å². The Morgan fingerprint density at radius 2 is 1.87 bits per heavy atom. The van der Waals surface area contributed by atoms with E-state index in [4.69, 9.17) is 31.2 Å². The van der Waals surface area contributed by atoms with Crippen LogP contribution in [0.4, 0.5) is 13.2 Å². The number of fused-ring (bicyclic) bond motifs is 1. The first-order chi connectivity index (χ1) is 14.0. The summed E-state index contributed by atoms with van der Waals surface area (Å²) in [5.41, 5.74) is 13.1. The van der Waals surface area contributed by atoms with Crippen molar-refractivity contribution in [3.05, 3.63) is 29.3 Å². The maximum absolute atomic E-state index is 11.0. The molecule has 8 nitrogen and oxygen atoms in total. The molecule has 0 radical (unpaired) electrons. The maximum Gasteiger partial charge on any atom is 0.490 e. The third-order valence-electron chi connectivity index (χ3n) is 4.32. The monoisotopic (exact) mass is 433 g/mol. The highest BCUT2D eigenvalue weighted by Gasteiger charge is 2.38. The largest absolute Gasteiger partial charge is 0.494 e. The van der Waals surface area contributed by atoms with Crippen molar-refractivity contribution in [2.45, 2.75) is 44.7 Å². The van der Waals surface area contributed by atoms with Crippen molar-refractivity contribution in [3.8, 4) is 5.75 Å². The number of aryl methyl sites for hydroxylation is 1. The molecule has 1 aromatic rings. The van der Waals surface area contributed by atoms with Crippen LogP contribution in [-0.2, 0) is 22.4 Å². The van der Waals surface area contributed by atoms with Crippen molar-refractivity contribution in [1.82, 2.24) is 0 Å². The Labute approximate surface area is 171 Å². The zero-order valence-corrected chi connectivity index (χ0v) is 16.3. The lowest BCUT2D eigenvalue weighted by Crippen LogP contribution is -2.23. The number of guanidine groups is 1. The number of carboxylic acid groups (broad SMARTS) is 2. The van der Waals surface area contributed by atoms with E-state index in [0.717, 1.165) is 37.9 Å². The molecule has 0 heterocycles. The molecule has 1 aliphatic carbocycles. The van der Waals surface area contributed by atoms with Crippen LogP contribution in [-0.4, -0.2) is 47.4 Å². The molecule has 30 heavy (non-hydrogen) atoms. The Balaban J connectivity index is 0.000000553. The number of nitrogens with zero attached hydrogens (tertiary/aromatic N) is 1. The van der Waals surface area contributed by atoms with Gasteiger partial charge in [-0.3, -0.25) is 9.79 Å². The standard InChI is InChI=1S/C17H25N3O3.C2HF3O2/c18-17(19)20-7-2-8-23-15-6-5-13-4-1-3-12(10-16(21)22)9-14(13)11-15;3-2(4,5)1(6)7/h5-6,11-12H,1-4,7-10H2,(H,21,22)(H4,18,19,20);(H,6,7). The first-order valence-corrected chi connectivity index (χ1v) is 9.31. The smallest absolute Gasteiger partial charge is 0.490 e. The number of benzene rings is 1. The summed E-state index contributed by atoms with van der Waals surface area (Å²) in [5.74, 6) is -2.34. The molecule has 6 N–H and O–H groups in total. The summed E-state index contributed by atoms with van der Waals surface area (Å²) < 4.78 is 37.5. The Hall–Kier alpha value is -2.98. The van der Waals surface area contributed by atoms with Gasteiger partial charge in [0, 0.05) is 19.4 Å². The van der Waals surface area contributed by atoms with E-state index in [9.17, 15) is 18.0 Å². The first kappa shape index (κ1) is 25.1. The fourth-order valence-corrected chi connectivity index (χ4v) is 3.00. The molecule has 0 saturated carbocycles. The van der Waals surface area contributed by atoms with E-state index in [2.05, 4.69) is 17.1 Å². The summed E-state index contributed by atoms with van der Waals surface area (Å²) in [6, 6.07) is 6.14. The molecule has 0 aliphatic heterocycles. The highest BCUT2D eigenvalue weighted by molar-refractivity contribution is 5.75. The second-order valence-electron chi connectivity index (χ2n) is 6.80. The lowest BCUT2D eigenvalue weighted by atomic mass is 9.94. The molecule has 1 aromatic carbocycles. The maximum atomic E-state index is 11.0. The number of carbonyl (C=O) groups is 2. The lowest BCUT2D eigenvalue weighted by molar-refractivity contribution is -0.192. The van der Waals surface area contributed by atoms with Crippen molar-refractivity contribution in [2.24, 2.45) is 22.4 Å². The number of nitrogens with two attached hydrogens (primary N) is 2. The Kier molecular flexibility index (Phi) is 9.93. The third kappa shape index (κ3) is 9.99. The van der Waals surface area contributed by atoms with Crippen molar-refractivity contribution >= 4 is 17.9 Å². The molecule has 1 aliphatic rings. The van der Waals surface area contributed by atoms with E-state index in [-0.39, 0.29) is 18.3 Å². The molecule has 1 unspecified atom stereocenters. The Bertz CT molecular complexity index is 749. The lowest BCUT2D eigenvalue weighted by Gasteiger charge is -2.13. The van der Waals surface area contributed by atoms with Gasteiger partial charge >= 0.3 is 18.1 Å². The van der Waals surface area contributed by atoms with E-state index < -0.39 is 18.1 Å². The molecule has 0 spiro atoms. The van der Waals surface area contributed by atoms with E-state index >= 15 is 0 Å². The third-order valence-corrected chi connectivity index (χ3v) is 4.32. The minimum atomic E-state index is -5.08. The van der Waals surface area contributed by atoms with Gasteiger partial charge in [0.25, 0.3) is 0 Å². The summed E-state index contributed by atoms with van der Waals surface area (Å²) in [6.07, 6.45) is -0.262. The fraction of sp³-hybridized carbons (Fsp3) is 0.526. The van der Waals surface area contributed by atoms with E-state index in [1.807, 2.05) is 6.07 Å². The summed E-state index contributed by atoms with van der Waals surface area (Å²) >= 11 is 0. The SMILES string of the molecule is NC(N)=NCCCOc1ccc2c(c1)CC(CC(=O)O)CCC2.O=C(O)C(F)(F)F. The number of halogens is 3. The molecule has 0 bridgehead atoms. The van der Waals surface area contributed by atoms with Crippen molar-refractivity contribution < 1.29 is 37.7 Å². The summed E-state index contributed by atoms with van der Waals surface area (Å²) in [7, 11) is 0. The molecule has 11 heteroatoms. The highest BCUT2D eigenvalue weighted by Crippen LogP contribution is 2.29. The number of aliphatic imine (C=N–C) groups is 1. The normalized spacial score (nSPS) is 15.6. The van der Waals surface area contributed by atoms with Gasteiger partial charge in [-0.15, -0.1) is 0 Å². The quantitative estimate of drug-likeness (QED) is 0.223. The van der Waals surface area contributed by atoms with Gasteiger partial charge in [0.2, 0.25) is 0 Å². The van der Waals surface area contributed by atoms with Gasteiger partial charge in [-0.2, -0.15) is 13.2 Å². The average molecular weight is 433 g/mol. The number of rotatable bonds is 7. The molecular formula is C19H26F3N3O5. The minimum Gasteiger partial charge on any atom is -0.494 e. The van der Waals surface area contributed by atoms with Crippen LogP contribution >= 0.6 is 0 Å². The van der Waals surface area contributed by atoms with Crippen LogP contribution in [0.1, 0.15) is 36.8 Å². The fourth-order valence-electron chi connectivity index (χ4n) is 3.00. The van der Waals surface area contributed by atoms with E-state index in [1.165, 1.54) is 11.1 Å². The molecule has 1 atom stereocenters. The first-order valence-electron chi connectivity index (χ1n) is 9.31. The number of hydrogen-bond donors (Lipinski definition) is 4. The van der Waals surface area contributed by atoms with Crippen molar-refractivity contribution in [3.63, 3.8) is 0 Å². The predicted octanol–water partition coefficient (Wildman–Crippen LogP) is 2.33. The van der Waals surface area contributed by atoms with E-state index in [0.29, 0.717) is 13.2 Å². The molecule has 0 aromatic heterocycles. The second-order valence-corrected chi connectivity index (χ2v) is 6.80. The molecule has 0 amide bonds. The zero-order valence-electron chi connectivity index (χ0n) is 16.3. The molecule has 2 rings (SSSR count). The second kappa shape index (κ2) is 11.9. The van der Waals surface area contributed by atoms with Gasteiger partial charge in [-0.25, -0.2) is 4.79 Å². The van der Waals surface area contributed by atoms with Crippen LogP contribution in [0.2, 0.25) is 0 Å². The van der Waals surface area contributed by atoms with Crippen molar-refractivity contribution in [2.75, 3.05) is 13.2 Å². The summed E-state index contributed by atoms with van der Waals surface area (Å²) in [4.78, 5) is 23.8. The molecule has 168 valence electrons. The van der Waals surface area contributed by atoms with Gasteiger partial charge in [0.1, 0.15) is 5.75 Å². The van der Waals surface area contributed by atoms with Gasteiger partial charge in [-0.1, -0.05) is 6.07 Å². The van der Waals surface area contributed by atoms with Gasteiger partial charge in [0.05, 0.1) is 6.61 Å². The molecule has 0 fully saturated rings. The van der Waals surface area contributed by atoms with Crippen LogP contribution in [0.25, 0.3) is 0 Å². The van der Waals surface area contributed by atoms with E-state index in [1.54, 1.807) is 0 Å². The minimum absolute atomic E-state index is 0.0968. The van der Waals surface area contributed by atoms with Crippen LogP contribution in [0, 0.1) is 5.92 Å². The van der Waals surface area contributed by atoms with Crippen LogP contribution in [0.5, 0.6) is 5.75 Å². The van der Waals surface area contributed by atoms with Crippen LogP contribution in [0.15, 0.2) is 23.2 Å². The Morgan fingerprint density at radius 1 is 1.20 bits per heavy atom. The number of alkyl halides is 3. The zero-order chi connectivity index (χ0) is 22.7. The van der Waals surface area contributed by atoms with Crippen LogP contribution < -0.4 is 16.2 Å². The Morgan fingerprint density at radius 3 is 2.43 bits per heavy atom. The van der Waals surface area contributed by atoms with Gasteiger partial charge in [-0.05, 0) is 54.9 Å². The van der Waals surface area contributed by atoms with Gasteiger partial charge < -0.3 is 26.4 Å². The number of aliphatic carboxylic acids is 2. The summed E-state index contributed by atoms with van der Waals surface area (Å²) in [6.45, 7) is 1.10. The van der Waals surface area contributed by atoms with Crippen LogP contribution in [0.3, 0.4) is 0 Å². The number of ether oxygens (including phenoxy) is 1. The molecular weight excluding hydrogens is 407 g/mol. The number of hydrogen-bond acceptors (Lipinski definition) is 4. The molecule has 0 saturated heterocycles.